The molecule has 0 aliphatic heterocycles. The number of carbonyl (C=O) groups is 2. The number of nitrogens with zero attached hydrogens (tertiary/aromatic N) is 1. The van der Waals surface area contributed by atoms with Gasteiger partial charge in [-0.1, -0.05) is 12.1 Å². The van der Waals surface area contributed by atoms with Gasteiger partial charge in [-0.15, -0.1) is 0 Å². The van der Waals surface area contributed by atoms with Gasteiger partial charge in [0.05, 0.1) is 25.2 Å². The highest BCUT2D eigenvalue weighted by Crippen LogP contribution is 2.19. The Kier molecular flexibility index (Phi) is 7.12. The van der Waals surface area contributed by atoms with Crippen LogP contribution in [-0.2, 0) is 16.0 Å². The molecule has 6 nitrogen and oxygen atoms in total. The first-order chi connectivity index (χ1) is 13.3. The van der Waals surface area contributed by atoms with Crippen LogP contribution in [0.5, 0.6) is 0 Å². The number of likely N-dealkylation sites (N-methyl/N-ethyl adjacent to an activating group) is 1. The van der Waals surface area contributed by atoms with E-state index in [2.05, 4.69) is 10.6 Å². The molecule has 2 aromatic rings. The van der Waals surface area contributed by atoms with Crippen LogP contribution in [0.2, 0.25) is 0 Å². The number of carbonyl (C=O) groups excluding carboxylic acids is 2. The Hall–Kier alpha value is -3.38. The predicted molar refractivity (Wildman–Crippen MR) is 96.0 cm³/mol. The Balaban J connectivity index is 1.84. The fourth-order valence-corrected chi connectivity index (χ4v) is 2.43. The molecule has 0 saturated heterocycles. The van der Waals surface area contributed by atoms with Crippen LogP contribution < -0.4 is 15.5 Å². The van der Waals surface area contributed by atoms with Crippen molar-refractivity contribution < 1.29 is 27.7 Å². The Morgan fingerprint density at radius 2 is 1.57 bits per heavy atom. The van der Waals surface area contributed by atoms with Crippen molar-refractivity contribution >= 4 is 23.2 Å². The fourth-order valence-electron chi connectivity index (χ4n) is 2.43. The third-order valence-corrected chi connectivity index (χ3v) is 3.75. The largest absolute Gasteiger partial charge is 0.322 e. The van der Waals surface area contributed by atoms with Crippen LogP contribution in [0.4, 0.5) is 24.5 Å². The van der Waals surface area contributed by atoms with Crippen LogP contribution in [0.25, 0.3) is 0 Å². The average molecular weight is 391 g/mol. The van der Waals surface area contributed by atoms with E-state index in [1.54, 1.807) is 31.3 Å². The van der Waals surface area contributed by atoms with E-state index in [1.807, 2.05) is 6.07 Å². The second-order valence-electron chi connectivity index (χ2n) is 6.16. The van der Waals surface area contributed by atoms with Crippen molar-refractivity contribution in [3.63, 3.8) is 0 Å². The molecule has 1 atom stereocenters. The lowest BCUT2D eigenvalue weighted by Crippen LogP contribution is -3.11. The van der Waals surface area contributed by atoms with Crippen LogP contribution in [0.3, 0.4) is 0 Å². The fraction of sp³-hybridized carbons (Fsp3) is 0.211. The van der Waals surface area contributed by atoms with Gasteiger partial charge in [-0.05, 0) is 29.8 Å². The Bertz CT molecular complexity index is 911. The minimum absolute atomic E-state index is 0.0480. The summed E-state index contributed by atoms with van der Waals surface area (Å²) in [6, 6.07) is 10.4. The third kappa shape index (κ3) is 5.82. The van der Waals surface area contributed by atoms with E-state index >= 15 is 0 Å². The maximum Gasteiger partial charge on any atom is 0.279 e. The zero-order valence-electron chi connectivity index (χ0n) is 15.0. The maximum atomic E-state index is 13.6. The van der Waals surface area contributed by atoms with E-state index in [0.717, 1.165) is 11.6 Å². The molecule has 3 N–H and O–H groups in total. The molecule has 2 aromatic carbocycles. The molecule has 2 amide bonds. The highest BCUT2D eigenvalue weighted by molar-refractivity contribution is 5.93. The average Bonchev–Trinajstić information content (AvgIpc) is 2.64. The molecule has 0 fully saturated rings. The molecule has 0 aromatic heterocycles. The van der Waals surface area contributed by atoms with Crippen LogP contribution >= 0.6 is 0 Å². The predicted octanol–water partition coefficient (Wildman–Crippen LogP) is 1.26. The van der Waals surface area contributed by atoms with Crippen LogP contribution in [0.1, 0.15) is 5.56 Å². The second-order valence-corrected chi connectivity index (χ2v) is 6.16. The highest BCUT2D eigenvalue weighted by atomic mass is 19.2. The minimum Gasteiger partial charge on any atom is -0.322 e. The molecule has 0 aliphatic rings. The monoisotopic (exact) mass is 391 g/mol. The van der Waals surface area contributed by atoms with Gasteiger partial charge in [-0.2, -0.15) is 5.26 Å². The van der Waals surface area contributed by atoms with Gasteiger partial charge in [0.25, 0.3) is 11.8 Å². The lowest BCUT2D eigenvalue weighted by atomic mass is 10.1. The Labute approximate surface area is 159 Å². The van der Waals surface area contributed by atoms with Crippen molar-refractivity contribution in [2.24, 2.45) is 0 Å². The summed E-state index contributed by atoms with van der Waals surface area (Å²) in [4.78, 5) is 24.5. The lowest BCUT2D eigenvalue weighted by molar-refractivity contribution is -0.862. The summed E-state index contributed by atoms with van der Waals surface area (Å²) in [5, 5.41) is 13.4. The molecule has 2 rings (SSSR count). The number of hydrogen-bond donors (Lipinski definition) is 3. The van der Waals surface area contributed by atoms with Gasteiger partial charge in [0, 0.05) is 5.69 Å². The molecule has 146 valence electrons. The van der Waals surface area contributed by atoms with Crippen LogP contribution in [0, 0.1) is 28.8 Å². The summed E-state index contributed by atoms with van der Waals surface area (Å²) >= 11 is 0. The van der Waals surface area contributed by atoms with Crippen molar-refractivity contribution in [2.75, 3.05) is 30.8 Å². The third-order valence-electron chi connectivity index (χ3n) is 3.75. The number of hydrogen-bond acceptors (Lipinski definition) is 3. The van der Waals surface area contributed by atoms with Crippen molar-refractivity contribution in [1.29, 1.82) is 5.26 Å². The quantitative estimate of drug-likeness (QED) is 0.621. The van der Waals surface area contributed by atoms with Gasteiger partial charge in [0.2, 0.25) is 0 Å². The number of quaternary nitrogens is 1. The lowest BCUT2D eigenvalue weighted by Gasteiger charge is -2.14. The zero-order valence-corrected chi connectivity index (χ0v) is 15.0. The van der Waals surface area contributed by atoms with Crippen molar-refractivity contribution in [3.05, 3.63) is 59.4 Å². The summed E-state index contributed by atoms with van der Waals surface area (Å²) in [6.07, 6.45) is 0.273. The number of benzene rings is 2. The SMILES string of the molecule is C[NH+](CC(=O)Nc1ccc(CC#N)cc1)CC(=O)Nc1ccc(F)c(F)c1F. The molecule has 9 heteroatoms. The summed E-state index contributed by atoms with van der Waals surface area (Å²) < 4.78 is 39.6. The van der Waals surface area contributed by atoms with E-state index in [-0.39, 0.29) is 25.4 Å². The first kappa shape index (κ1) is 20.9. The molecule has 1 unspecified atom stereocenters. The summed E-state index contributed by atoms with van der Waals surface area (Å²) in [6.45, 7) is -0.236. The molecule has 0 spiro atoms. The van der Waals surface area contributed by atoms with Crippen molar-refractivity contribution in [2.45, 2.75) is 6.42 Å². The first-order valence-corrected chi connectivity index (χ1v) is 8.30. The first-order valence-electron chi connectivity index (χ1n) is 8.30. The van der Waals surface area contributed by atoms with Gasteiger partial charge < -0.3 is 15.5 Å². The smallest absolute Gasteiger partial charge is 0.279 e. The van der Waals surface area contributed by atoms with E-state index in [4.69, 9.17) is 5.26 Å². The molecule has 0 saturated carbocycles. The van der Waals surface area contributed by atoms with E-state index in [1.165, 1.54) is 0 Å². The number of rotatable bonds is 7. The van der Waals surface area contributed by atoms with Gasteiger partial charge in [-0.3, -0.25) is 9.59 Å². The molecular weight excluding hydrogens is 373 g/mol. The number of amides is 2. The standard InChI is InChI=1S/C19H17F3N4O2/c1-26(10-16(27)24-13-4-2-12(3-5-13)8-9-23)11-17(28)25-15-7-6-14(20)18(21)19(15)22/h2-7H,8,10-11H2,1H3,(H,24,27)(H,25,28)/p+1. The molecule has 0 aliphatic carbocycles. The second kappa shape index (κ2) is 9.53. The molecular formula is C19H18F3N4O2+. The van der Waals surface area contributed by atoms with Crippen LogP contribution in [0.15, 0.2) is 36.4 Å². The van der Waals surface area contributed by atoms with Crippen molar-refractivity contribution in [1.82, 2.24) is 0 Å². The summed E-state index contributed by atoms with van der Waals surface area (Å²) in [7, 11) is 1.58. The van der Waals surface area contributed by atoms with Gasteiger partial charge >= 0.3 is 0 Å². The normalized spacial score (nSPS) is 11.4. The minimum atomic E-state index is -1.67. The Morgan fingerprint density at radius 1 is 0.964 bits per heavy atom. The number of nitriles is 1. The molecule has 0 bridgehead atoms. The molecule has 28 heavy (non-hydrogen) atoms. The number of nitrogens with one attached hydrogen (secondary N) is 3. The van der Waals surface area contributed by atoms with Gasteiger partial charge in [0.1, 0.15) is 0 Å². The molecule has 0 radical (unpaired) electrons. The maximum absolute atomic E-state index is 13.6. The number of halogens is 3. The van der Waals surface area contributed by atoms with E-state index in [9.17, 15) is 22.8 Å². The van der Waals surface area contributed by atoms with Crippen molar-refractivity contribution in [3.8, 4) is 6.07 Å². The summed E-state index contributed by atoms with van der Waals surface area (Å²) in [5.41, 5.74) is 0.899. The molecule has 0 heterocycles. The Morgan fingerprint density at radius 3 is 2.18 bits per heavy atom. The van der Waals surface area contributed by atoms with Gasteiger partial charge in [-0.25, -0.2) is 13.2 Å². The van der Waals surface area contributed by atoms with E-state index < -0.39 is 29.0 Å². The highest BCUT2D eigenvalue weighted by Gasteiger charge is 2.18. The van der Waals surface area contributed by atoms with E-state index in [0.29, 0.717) is 16.7 Å². The van der Waals surface area contributed by atoms with Gasteiger partial charge in [0.15, 0.2) is 30.5 Å². The summed E-state index contributed by atoms with van der Waals surface area (Å²) in [5.74, 6) is -5.51. The zero-order chi connectivity index (χ0) is 20.7. The topological polar surface area (TPSA) is 86.4 Å². The number of anilines is 2. The van der Waals surface area contributed by atoms with Crippen LogP contribution in [-0.4, -0.2) is 32.0 Å².